The summed E-state index contributed by atoms with van der Waals surface area (Å²) in [4.78, 5) is 13.1. The van der Waals surface area contributed by atoms with Crippen LogP contribution in [-0.2, 0) is 0 Å². The van der Waals surface area contributed by atoms with E-state index in [0.29, 0.717) is 28.4 Å². The topological polar surface area (TPSA) is 72.0 Å². The van der Waals surface area contributed by atoms with Crippen molar-refractivity contribution in [3.05, 3.63) is 53.2 Å². The Kier molecular flexibility index (Phi) is 5.23. The van der Waals surface area contributed by atoms with Gasteiger partial charge >= 0.3 is 0 Å². The SMILES string of the molecule is Cc1nc(N[C@H](C)c2cccc(C(F)F)c2F)c2cc(OC3CNC3)ncc2n1. The Balaban J connectivity index is 1.67. The first kappa shape index (κ1) is 19.4. The van der Waals surface area contributed by atoms with Gasteiger partial charge in [-0.1, -0.05) is 18.2 Å². The molecule has 1 aromatic carbocycles. The Morgan fingerprint density at radius 1 is 1.21 bits per heavy atom. The van der Waals surface area contributed by atoms with Crippen molar-refractivity contribution < 1.29 is 17.9 Å². The normalized spacial score (nSPS) is 15.4. The predicted octanol–water partition coefficient (Wildman–Crippen LogP) is 3.93. The number of halogens is 3. The highest BCUT2D eigenvalue weighted by Gasteiger charge is 2.22. The van der Waals surface area contributed by atoms with E-state index in [1.807, 2.05) is 0 Å². The Labute approximate surface area is 165 Å². The van der Waals surface area contributed by atoms with Crippen molar-refractivity contribution in [3.8, 4) is 5.88 Å². The van der Waals surface area contributed by atoms with Crippen LogP contribution >= 0.6 is 0 Å². The van der Waals surface area contributed by atoms with Crippen LogP contribution in [0.3, 0.4) is 0 Å². The van der Waals surface area contributed by atoms with Crippen LogP contribution in [0.2, 0.25) is 0 Å². The number of benzene rings is 1. The van der Waals surface area contributed by atoms with Crippen molar-refractivity contribution in [1.29, 1.82) is 0 Å². The van der Waals surface area contributed by atoms with Crippen molar-refractivity contribution in [1.82, 2.24) is 20.3 Å². The molecule has 29 heavy (non-hydrogen) atoms. The number of ether oxygens (including phenoxy) is 1. The minimum atomic E-state index is -2.88. The van der Waals surface area contributed by atoms with E-state index in [1.54, 1.807) is 26.1 Å². The second kappa shape index (κ2) is 7.82. The lowest BCUT2D eigenvalue weighted by atomic mass is 10.0. The first-order valence-electron chi connectivity index (χ1n) is 9.27. The fraction of sp³-hybridized carbons (Fsp3) is 0.350. The molecule has 1 atom stereocenters. The average molecular weight is 403 g/mol. The van der Waals surface area contributed by atoms with Gasteiger partial charge in [-0.3, -0.25) is 0 Å². The molecular formula is C20H20F3N5O. The molecule has 0 radical (unpaired) electrons. The summed E-state index contributed by atoms with van der Waals surface area (Å²) < 4.78 is 46.4. The third kappa shape index (κ3) is 3.95. The molecule has 2 aromatic heterocycles. The fourth-order valence-corrected chi connectivity index (χ4v) is 3.17. The third-order valence-corrected chi connectivity index (χ3v) is 4.81. The maximum atomic E-state index is 14.5. The Bertz CT molecular complexity index is 1040. The van der Waals surface area contributed by atoms with Crippen LogP contribution in [0.25, 0.3) is 10.9 Å². The maximum Gasteiger partial charge on any atom is 0.266 e. The van der Waals surface area contributed by atoms with Crippen molar-refractivity contribution in [2.75, 3.05) is 18.4 Å². The standard InChI is InChI=1S/C20H20F3N5O/c1-10(13-4-3-5-14(18(13)21)19(22)23)26-20-15-6-17(29-12-7-24-8-12)25-9-16(15)27-11(2)28-20/h3-6,9-10,12,19,24H,7-8H2,1-2H3,(H,26,27,28)/t10-/m1/s1. The second-order valence-corrected chi connectivity index (χ2v) is 6.97. The summed E-state index contributed by atoms with van der Waals surface area (Å²) in [6.45, 7) is 4.94. The van der Waals surface area contributed by atoms with E-state index in [-0.39, 0.29) is 11.7 Å². The molecule has 9 heteroatoms. The molecule has 152 valence electrons. The number of anilines is 1. The van der Waals surface area contributed by atoms with E-state index in [1.165, 1.54) is 12.1 Å². The molecule has 0 spiro atoms. The largest absolute Gasteiger partial charge is 0.472 e. The quantitative estimate of drug-likeness (QED) is 0.650. The van der Waals surface area contributed by atoms with E-state index in [9.17, 15) is 13.2 Å². The highest BCUT2D eigenvalue weighted by Crippen LogP contribution is 2.31. The second-order valence-electron chi connectivity index (χ2n) is 6.97. The van der Waals surface area contributed by atoms with Gasteiger partial charge in [-0.15, -0.1) is 0 Å². The molecule has 0 unspecified atom stereocenters. The molecule has 0 amide bonds. The minimum Gasteiger partial charge on any atom is -0.472 e. The summed E-state index contributed by atoms with van der Waals surface area (Å²) in [6.07, 6.45) is -1.22. The van der Waals surface area contributed by atoms with Crippen molar-refractivity contribution in [3.63, 3.8) is 0 Å². The van der Waals surface area contributed by atoms with Gasteiger partial charge in [-0.2, -0.15) is 0 Å². The van der Waals surface area contributed by atoms with E-state index in [0.717, 1.165) is 19.2 Å². The van der Waals surface area contributed by atoms with Crippen LogP contribution in [0.5, 0.6) is 5.88 Å². The van der Waals surface area contributed by atoms with Crippen LogP contribution in [0.4, 0.5) is 19.0 Å². The maximum absolute atomic E-state index is 14.5. The lowest BCUT2D eigenvalue weighted by Gasteiger charge is -2.27. The zero-order valence-electron chi connectivity index (χ0n) is 15.9. The number of rotatable bonds is 6. The molecule has 1 fully saturated rings. The number of aromatic nitrogens is 3. The van der Waals surface area contributed by atoms with Gasteiger partial charge in [0.05, 0.1) is 23.3 Å². The van der Waals surface area contributed by atoms with Gasteiger partial charge in [0, 0.05) is 30.1 Å². The Hall–Kier alpha value is -2.94. The lowest BCUT2D eigenvalue weighted by Crippen LogP contribution is -2.50. The van der Waals surface area contributed by atoms with Gasteiger partial charge in [0.2, 0.25) is 5.88 Å². The first-order chi connectivity index (χ1) is 13.9. The molecule has 2 N–H and O–H groups in total. The van der Waals surface area contributed by atoms with Crippen LogP contribution < -0.4 is 15.4 Å². The number of hydrogen-bond acceptors (Lipinski definition) is 6. The van der Waals surface area contributed by atoms with Gasteiger partial charge in [0.15, 0.2) is 0 Å². The highest BCUT2D eigenvalue weighted by atomic mass is 19.3. The lowest BCUT2D eigenvalue weighted by molar-refractivity contribution is 0.136. The van der Waals surface area contributed by atoms with E-state index >= 15 is 0 Å². The molecule has 0 saturated carbocycles. The Morgan fingerprint density at radius 3 is 2.66 bits per heavy atom. The summed E-state index contributed by atoms with van der Waals surface area (Å²) in [6, 6.07) is 5.12. The van der Waals surface area contributed by atoms with E-state index < -0.39 is 23.8 Å². The average Bonchev–Trinajstić information content (AvgIpc) is 2.64. The van der Waals surface area contributed by atoms with Crippen LogP contribution in [0.1, 0.15) is 36.3 Å². The van der Waals surface area contributed by atoms with Crippen molar-refractivity contribution in [2.24, 2.45) is 0 Å². The van der Waals surface area contributed by atoms with Gasteiger partial charge < -0.3 is 15.4 Å². The van der Waals surface area contributed by atoms with Crippen LogP contribution in [0.15, 0.2) is 30.5 Å². The highest BCUT2D eigenvalue weighted by molar-refractivity contribution is 5.89. The monoisotopic (exact) mass is 403 g/mol. The van der Waals surface area contributed by atoms with Crippen molar-refractivity contribution >= 4 is 16.7 Å². The van der Waals surface area contributed by atoms with Gasteiger partial charge in [-0.05, 0) is 13.8 Å². The molecule has 4 rings (SSSR count). The number of pyridine rings is 1. The summed E-state index contributed by atoms with van der Waals surface area (Å²) in [5.74, 6) is 0.493. The molecule has 1 saturated heterocycles. The molecule has 6 nitrogen and oxygen atoms in total. The predicted molar refractivity (Wildman–Crippen MR) is 103 cm³/mol. The smallest absolute Gasteiger partial charge is 0.266 e. The summed E-state index contributed by atoms with van der Waals surface area (Å²) in [5.41, 5.74) is 0.125. The van der Waals surface area contributed by atoms with Crippen LogP contribution in [-0.4, -0.2) is 34.1 Å². The number of nitrogens with zero attached hydrogens (tertiary/aromatic N) is 3. The molecule has 3 aromatic rings. The number of aryl methyl sites for hydroxylation is 1. The third-order valence-electron chi connectivity index (χ3n) is 4.81. The molecule has 0 bridgehead atoms. The molecular weight excluding hydrogens is 383 g/mol. The number of alkyl halides is 2. The number of nitrogens with one attached hydrogen (secondary N) is 2. The van der Waals surface area contributed by atoms with Gasteiger partial charge in [0.1, 0.15) is 23.6 Å². The molecule has 1 aliphatic rings. The number of hydrogen-bond donors (Lipinski definition) is 2. The van der Waals surface area contributed by atoms with Crippen LogP contribution in [0, 0.1) is 12.7 Å². The summed E-state index contributed by atoms with van der Waals surface area (Å²) >= 11 is 0. The molecule has 3 heterocycles. The molecule has 1 aliphatic heterocycles. The molecule has 0 aliphatic carbocycles. The van der Waals surface area contributed by atoms with E-state index in [4.69, 9.17) is 4.74 Å². The van der Waals surface area contributed by atoms with E-state index in [2.05, 4.69) is 25.6 Å². The fourth-order valence-electron chi connectivity index (χ4n) is 3.17. The zero-order valence-corrected chi connectivity index (χ0v) is 15.9. The van der Waals surface area contributed by atoms with Crippen molar-refractivity contribution in [2.45, 2.75) is 32.4 Å². The zero-order chi connectivity index (χ0) is 20.5. The van der Waals surface area contributed by atoms with Gasteiger partial charge in [-0.25, -0.2) is 28.1 Å². The first-order valence-corrected chi connectivity index (χ1v) is 9.27. The summed E-state index contributed by atoms with van der Waals surface area (Å²) in [5, 5.41) is 6.90. The minimum absolute atomic E-state index is 0.0628. The summed E-state index contributed by atoms with van der Waals surface area (Å²) in [7, 11) is 0. The number of fused-ring (bicyclic) bond motifs is 1. The Morgan fingerprint density at radius 2 is 1.97 bits per heavy atom. The van der Waals surface area contributed by atoms with Gasteiger partial charge in [0.25, 0.3) is 6.43 Å².